The first kappa shape index (κ1) is 19.1. The van der Waals surface area contributed by atoms with Gasteiger partial charge >= 0.3 is 0 Å². The summed E-state index contributed by atoms with van der Waals surface area (Å²) < 4.78 is 25.2. The van der Waals surface area contributed by atoms with Crippen LogP contribution in [-0.4, -0.2) is 29.3 Å². The number of ether oxygens (including phenoxy) is 1. The van der Waals surface area contributed by atoms with Crippen LogP contribution in [0.1, 0.15) is 16.9 Å². The summed E-state index contributed by atoms with van der Waals surface area (Å²) in [6.45, 7) is 3.30. The van der Waals surface area contributed by atoms with E-state index in [4.69, 9.17) is 9.15 Å². The molecule has 0 aliphatic carbocycles. The SMILES string of the molecule is Cc1ccccc1OCC(O)CN(Cc1ccco1)Cc1ccccc1F. The van der Waals surface area contributed by atoms with Gasteiger partial charge in [0.05, 0.1) is 12.8 Å². The maximum absolute atomic E-state index is 14.0. The molecule has 27 heavy (non-hydrogen) atoms. The van der Waals surface area contributed by atoms with Gasteiger partial charge in [-0.05, 0) is 36.8 Å². The molecule has 4 nitrogen and oxygen atoms in total. The van der Waals surface area contributed by atoms with Gasteiger partial charge in [-0.1, -0.05) is 36.4 Å². The van der Waals surface area contributed by atoms with Crippen LogP contribution in [0.4, 0.5) is 4.39 Å². The normalized spacial score (nSPS) is 12.3. The first-order chi connectivity index (χ1) is 13.1. The number of nitrogens with zero attached hydrogens (tertiary/aromatic N) is 1. The van der Waals surface area contributed by atoms with E-state index in [1.807, 2.05) is 48.2 Å². The van der Waals surface area contributed by atoms with E-state index in [0.717, 1.165) is 17.1 Å². The monoisotopic (exact) mass is 369 g/mol. The van der Waals surface area contributed by atoms with Crippen molar-refractivity contribution in [1.29, 1.82) is 0 Å². The molecule has 1 aromatic heterocycles. The number of aryl methyl sites for hydroxylation is 1. The minimum Gasteiger partial charge on any atom is -0.491 e. The van der Waals surface area contributed by atoms with Crippen LogP contribution in [0.2, 0.25) is 0 Å². The van der Waals surface area contributed by atoms with Gasteiger partial charge in [0.2, 0.25) is 0 Å². The lowest BCUT2D eigenvalue weighted by atomic mass is 10.2. The van der Waals surface area contributed by atoms with Crippen molar-refractivity contribution in [1.82, 2.24) is 4.90 Å². The molecule has 0 saturated carbocycles. The Kier molecular flexibility index (Phi) is 6.63. The molecule has 2 aromatic carbocycles. The van der Waals surface area contributed by atoms with Crippen LogP contribution in [0, 0.1) is 12.7 Å². The van der Waals surface area contributed by atoms with Crippen molar-refractivity contribution in [3.63, 3.8) is 0 Å². The first-order valence-electron chi connectivity index (χ1n) is 8.96. The third-order valence-corrected chi connectivity index (χ3v) is 4.31. The second-order valence-electron chi connectivity index (χ2n) is 6.57. The average Bonchev–Trinajstić information content (AvgIpc) is 3.16. The van der Waals surface area contributed by atoms with Crippen molar-refractivity contribution >= 4 is 0 Å². The fourth-order valence-electron chi connectivity index (χ4n) is 2.93. The van der Waals surface area contributed by atoms with Gasteiger partial charge in [-0.25, -0.2) is 4.39 Å². The Morgan fingerprint density at radius 2 is 1.81 bits per heavy atom. The average molecular weight is 369 g/mol. The topological polar surface area (TPSA) is 45.8 Å². The van der Waals surface area contributed by atoms with Gasteiger partial charge < -0.3 is 14.3 Å². The largest absolute Gasteiger partial charge is 0.491 e. The molecule has 0 bridgehead atoms. The molecule has 1 unspecified atom stereocenters. The van der Waals surface area contributed by atoms with Crippen LogP contribution in [0.5, 0.6) is 5.75 Å². The second-order valence-corrected chi connectivity index (χ2v) is 6.57. The van der Waals surface area contributed by atoms with E-state index in [0.29, 0.717) is 25.2 Å². The van der Waals surface area contributed by atoms with Crippen LogP contribution in [0.25, 0.3) is 0 Å². The van der Waals surface area contributed by atoms with E-state index in [-0.39, 0.29) is 12.4 Å². The predicted octanol–water partition coefficient (Wildman–Crippen LogP) is 4.17. The standard InChI is InChI=1S/C22H24FNO3/c1-17-7-2-5-11-22(17)27-16-19(25)14-24(15-20-9-6-12-26-20)13-18-8-3-4-10-21(18)23/h2-12,19,25H,13-16H2,1H3. The third-order valence-electron chi connectivity index (χ3n) is 4.31. The summed E-state index contributed by atoms with van der Waals surface area (Å²) in [6.07, 6.45) is 0.889. The molecule has 0 saturated heterocycles. The number of halogens is 1. The Hall–Kier alpha value is -2.63. The Bertz CT molecular complexity index is 835. The zero-order valence-corrected chi connectivity index (χ0v) is 15.3. The summed E-state index contributed by atoms with van der Waals surface area (Å²) in [5.74, 6) is 1.26. The summed E-state index contributed by atoms with van der Waals surface area (Å²) in [5.41, 5.74) is 1.60. The Labute approximate surface area is 158 Å². The number of benzene rings is 2. The van der Waals surface area contributed by atoms with Crippen molar-refractivity contribution in [2.24, 2.45) is 0 Å². The highest BCUT2D eigenvalue weighted by molar-refractivity contribution is 5.31. The number of furan rings is 1. The molecule has 1 heterocycles. The molecule has 1 atom stereocenters. The summed E-state index contributed by atoms with van der Waals surface area (Å²) in [4.78, 5) is 1.95. The molecular formula is C22H24FNO3. The summed E-state index contributed by atoms with van der Waals surface area (Å²) in [5, 5.41) is 10.5. The van der Waals surface area contributed by atoms with Gasteiger partial charge in [0, 0.05) is 18.7 Å². The van der Waals surface area contributed by atoms with Gasteiger partial charge in [0.25, 0.3) is 0 Å². The molecule has 0 aliphatic heterocycles. The third kappa shape index (κ3) is 5.67. The van der Waals surface area contributed by atoms with Crippen molar-refractivity contribution in [2.45, 2.75) is 26.1 Å². The summed E-state index contributed by atoms with van der Waals surface area (Å²) in [6, 6.07) is 18.0. The van der Waals surface area contributed by atoms with E-state index in [1.54, 1.807) is 24.5 Å². The van der Waals surface area contributed by atoms with E-state index >= 15 is 0 Å². The lowest BCUT2D eigenvalue weighted by Gasteiger charge is -2.25. The van der Waals surface area contributed by atoms with E-state index in [1.165, 1.54) is 6.07 Å². The quantitative estimate of drug-likeness (QED) is 0.615. The Balaban J connectivity index is 1.63. The number of rotatable bonds is 9. The second kappa shape index (κ2) is 9.35. The fourth-order valence-corrected chi connectivity index (χ4v) is 2.93. The van der Waals surface area contributed by atoms with Gasteiger partial charge in [-0.3, -0.25) is 4.90 Å². The van der Waals surface area contributed by atoms with Gasteiger partial charge in [0.1, 0.15) is 30.0 Å². The highest BCUT2D eigenvalue weighted by Gasteiger charge is 2.16. The highest BCUT2D eigenvalue weighted by Crippen LogP contribution is 2.17. The van der Waals surface area contributed by atoms with Crippen LogP contribution in [0.15, 0.2) is 71.3 Å². The molecule has 0 amide bonds. The van der Waals surface area contributed by atoms with Gasteiger partial charge in [-0.15, -0.1) is 0 Å². The summed E-state index contributed by atoms with van der Waals surface area (Å²) >= 11 is 0. The molecule has 0 fully saturated rings. The van der Waals surface area contributed by atoms with Crippen molar-refractivity contribution in [3.8, 4) is 5.75 Å². The molecule has 0 radical (unpaired) electrons. The van der Waals surface area contributed by atoms with Crippen molar-refractivity contribution in [3.05, 3.63) is 89.6 Å². The van der Waals surface area contributed by atoms with Crippen LogP contribution < -0.4 is 4.74 Å². The summed E-state index contributed by atoms with van der Waals surface area (Å²) in [7, 11) is 0. The fraction of sp³-hybridized carbons (Fsp3) is 0.273. The molecular weight excluding hydrogens is 345 g/mol. The lowest BCUT2D eigenvalue weighted by Crippen LogP contribution is -2.35. The zero-order valence-electron chi connectivity index (χ0n) is 15.3. The maximum atomic E-state index is 14.0. The van der Waals surface area contributed by atoms with E-state index in [9.17, 15) is 9.50 Å². The van der Waals surface area contributed by atoms with Gasteiger partial charge in [0.15, 0.2) is 0 Å². The predicted molar refractivity (Wildman–Crippen MR) is 102 cm³/mol. The van der Waals surface area contributed by atoms with Crippen LogP contribution in [-0.2, 0) is 13.1 Å². The minimum atomic E-state index is -0.716. The molecule has 142 valence electrons. The number of hydrogen-bond donors (Lipinski definition) is 1. The smallest absolute Gasteiger partial charge is 0.127 e. The highest BCUT2D eigenvalue weighted by atomic mass is 19.1. The van der Waals surface area contributed by atoms with Crippen LogP contribution >= 0.6 is 0 Å². The van der Waals surface area contributed by atoms with Crippen molar-refractivity contribution in [2.75, 3.05) is 13.2 Å². The van der Waals surface area contributed by atoms with Gasteiger partial charge in [-0.2, -0.15) is 0 Å². The molecule has 0 spiro atoms. The van der Waals surface area contributed by atoms with Crippen LogP contribution in [0.3, 0.4) is 0 Å². The number of para-hydroxylation sites is 1. The zero-order chi connectivity index (χ0) is 19.1. The molecule has 5 heteroatoms. The maximum Gasteiger partial charge on any atom is 0.127 e. The number of aliphatic hydroxyl groups is 1. The Morgan fingerprint density at radius 3 is 2.56 bits per heavy atom. The first-order valence-corrected chi connectivity index (χ1v) is 8.96. The van der Waals surface area contributed by atoms with E-state index < -0.39 is 6.10 Å². The number of hydrogen-bond acceptors (Lipinski definition) is 4. The van der Waals surface area contributed by atoms with Crippen molar-refractivity contribution < 1.29 is 18.7 Å². The molecule has 0 aliphatic rings. The molecule has 3 aromatic rings. The molecule has 1 N–H and O–H groups in total. The lowest BCUT2D eigenvalue weighted by molar-refractivity contribution is 0.0598. The number of aliphatic hydroxyl groups excluding tert-OH is 1. The Morgan fingerprint density at radius 1 is 1.04 bits per heavy atom. The van der Waals surface area contributed by atoms with E-state index in [2.05, 4.69) is 0 Å². The minimum absolute atomic E-state index is 0.163. The molecule has 3 rings (SSSR count).